The molecule has 276 valence electrons. The summed E-state index contributed by atoms with van der Waals surface area (Å²) in [6.45, 7) is 12.3. The van der Waals surface area contributed by atoms with E-state index in [1.165, 1.54) is 26.8 Å². The third kappa shape index (κ3) is 5.42. The summed E-state index contributed by atoms with van der Waals surface area (Å²) in [4.78, 5) is 42.1. The first-order valence-electron chi connectivity index (χ1n) is 17.1. The molecule has 4 aliphatic carbocycles. The highest BCUT2D eigenvalue weighted by molar-refractivity contribution is 6.02. The number of aliphatic hydroxyl groups is 8. The molecular weight excluding hydrogens is 640 g/mol. The predicted octanol–water partition coefficient (Wildman–Crippen LogP) is 0.0727. The Bertz CT molecular complexity index is 1440. The maximum atomic E-state index is 14.7. The summed E-state index contributed by atoms with van der Waals surface area (Å²) >= 11 is 0. The number of rotatable bonds is 8. The van der Waals surface area contributed by atoms with Crippen LogP contribution in [0.3, 0.4) is 0 Å². The number of ether oxygens (including phenoxy) is 2. The number of hydrogen-bond donors (Lipinski definition) is 8. The van der Waals surface area contributed by atoms with Crippen LogP contribution in [0.25, 0.3) is 0 Å². The van der Waals surface area contributed by atoms with E-state index in [0.29, 0.717) is 12.0 Å². The normalized spacial score (nSPS) is 45.3. The largest absolute Gasteiger partial charge is 0.459 e. The molecule has 14 atom stereocenters. The summed E-state index contributed by atoms with van der Waals surface area (Å²) in [6.07, 6.45) is -7.26. The summed E-state index contributed by atoms with van der Waals surface area (Å²) in [5, 5.41) is 85.0. The maximum Gasteiger partial charge on any atom is 0.229 e. The molecule has 0 bridgehead atoms. The Hall–Kier alpha value is -2.07. The summed E-state index contributed by atoms with van der Waals surface area (Å²) in [7, 11) is 0. The average molecular weight is 695 g/mol. The van der Waals surface area contributed by atoms with Crippen LogP contribution in [0.2, 0.25) is 0 Å². The molecule has 0 amide bonds. The van der Waals surface area contributed by atoms with Gasteiger partial charge < -0.3 is 50.3 Å². The van der Waals surface area contributed by atoms with Crippen LogP contribution < -0.4 is 0 Å². The Balaban J connectivity index is 1.53. The molecule has 8 N–H and O–H groups in total. The molecule has 1 unspecified atom stereocenters. The minimum absolute atomic E-state index is 0.107. The zero-order valence-electron chi connectivity index (χ0n) is 29.6. The van der Waals surface area contributed by atoms with Crippen molar-refractivity contribution in [1.82, 2.24) is 0 Å². The van der Waals surface area contributed by atoms with Gasteiger partial charge in [-0.15, -0.1) is 0 Å². The topological polar surface area (TPSA) is 232 Å². The minimum atomic E-state index is -2.15. The molecule has 5 rings (SSSR count). The van der Waals surface area contributed by atoms with Gasteiger partial charge in [0.2, 0.25) is 12.1 Å². The molecule has 13 nitrogen and oxygen atoms in total. The average Bonchev–Trinajstić information content (AvgIpc) is 3.20. The van der Waals surface area contributed by atoms with Crippen LogP contribution in [0.15, 0.2) is 23.5 Å². The van der Waals surface area contributed by atoms with E-state index in [0.717, 1.165) is 0 Å². The van der Waals surface area contributed by atoms with Crippen LogP contribution in [-0.2, 0) is 23.9 Å². The van der Waals surface area contributed by atoms with E-state index in [1.807, 2.05) is 26.8 Å². The third-order valence-corrected chi connectivity index (χ3v) is 13.5. The van der Waals surface area contributed by atoms with Gasteiger partial charge in [0.15, 0.2) is 11.5 Å². The Morgan fingerprint density at radius 1 is 1.00 bits per heavy atom. The Labute approximate surface area is 286 Å². The van der Waals surface area contributed by atoms with E-state index in [4.69, 9.17) is 9.47 Å². The van der Waals surface area contributed by atoms with E-state index >= 15 is 0 Å². The number of aliphatic hydroxyl groups excluding tert-OH is 6. The van der Waals surface area contributed by atoms with Crippen LogP contribution in [0.1, 0.15) is 81.1 Å². The molecule has 13 heteroatoms. The molecule has 1 heterocycles. The van der Waals surface area contributed by atoms with Gasteiger partial charge in [-0.2, -0.15) is 0 Å². The number of allylic oxidation sites excluding steroid dienone is 4. The fourth-order valence-electron chi connectivity index (χ4n) is 10.1. The van der Waals surface area contributed by atoms with Crippen LogP contribution in [0.5, 0.6) is 0 Å². The van der Waals surface area contributed by atoms with Gasteiger partial charge >= 0.3 is 0 Å². The quantitative estimate of drug-likeness (QED) is 0.158. The van der Waals surface area contributed by atoms with Crippen molar-refractivity contribution in [3.63, 3.8) is 0 Å². The van der Waals surface area contributed by atoms with Crippen molar-refractivity contribution >= 4 is 17.3 Å². The second-order valence-corrected chi connectivity index (χ2v) is 17.1. The summed E-state index contributed by atoms with van der Waals surface area (Å²) < 4.78 is 11.4. The lowest BCUT2D eigenvalue weighted by Gasteiger charge is -2.63. The van der Waals surface area contributed by atoms with Gasteiger partial charge in [-0.1, -0.05) is 32.4 Å². The van der Waals surface area contributed by atoms with Gasteiger partial charge in [-0.3, -0.25) is 14.4 Å². The van der Waals surface area contributed by atoms with E-state index in [9.17, 15) is 55.2 Å². The second-order valence-electron chi connectivity index (χ2n) is 17.1. The Kier molecular flexibility index (Phi) is 9.34. The molecule has 0 aromatic carbocycles. The zero-order valence-corrected chi connectivity index (χ0v) is 29.6. The lowest BCUT2D eigenvalue weighted by atomic mass is 9.39. The Morgan fingerprint density at radius 2 is 1.61 bits per heavy atom. The molecule has 1 saturated heterocycles. The third-order valence-electron chi connectivity index (χ3n) is 13.5. The standard InChI is InChI=1S/C36H54O13/c1-31(2)16-9-10-21-33(5)13-18(38)28(36(8,47)23(40)12-22(39)32(3,4)46)34(33,6)14-24(41)35(21,7)17(16)11-19(29(31)45)48-30-27(44)26(43)25(42)20(15-37)49-30/h9,11,17-18,20-22,25-28,30,37-39,42-44,46-47H,10,12-15H2,1-8H3/t17-,18-,20-,21+,22?,25-,26+,27-,28+,30-,33+,34-,35+,36+/m1/s1. The van der Waals surface area contributed by atoms with E-state index in [2.05, 4.69) is 0 Å². The monoisotopic (exact) mass is 694 g/mol. The van der Waals surface area contributed by atoms with Crippen molar-refractivity contribution in [3.05, 3.63) is 23.5 Å². The predicted molar refractivity (Wildman–Crippen MR) is 172 cm³/mol. The molecule has 0 spiro atoms. The summed E-state index contributed by atoms with van der Waals surface area (Å²) in [5.41, 5.74) is -7.23. The van der Waals surface area contributed by atoms with E-state index in [1.54, 1.807) is 13.8 Å². The van der Waals surface area contributed by atoms with Crippen molar-refractivity contribution in [1.29, 1.82) is 0 Å². The molecule has 0 aromatic rings. The molecular formula is C36H54O13. The van der Waals surface area contributed by atoms with Gasteiger partial charge in [-0.25, -0.2) is 0 Å². The van der Waals surface area contributed by atoms with Crippen molar-refractivity contribution in [3.8, 4) is 0 Å². The van der Waals surface area contributed by atoms with Crippen molar-refractivity contribution in [2.45, 2.75) is 135 Å². The molecule has 49 heavy (non-hydrogen) atoms. The minimum Gasteiger partial charge on any atom is -0.459 e. The zero-order chi connectivity index (χ0) is 37.0. The van der Waals surface area contributed by atoms with Crippen molar-refractivity contribution in [2.24, 2.45) is 39.4 Å². The number of ketones is 3. The first kappa shape index (κ1) is 38.2. The van der Waals surface area contributed by atoms with E-state index in [-0.39, 0.29) is 24.4 Å². The number of hydrogen-bond acceptors (Lipinski definition) is 13. The van der Waals surface area contributed by atoms with E-state index < -0.39 is 118 Å². The van der Waals surface area contributed by atoms with Gasteiger partial charge in [0.25, 0.3) is 0 Å². The van der Waals surface area contributed by atoms with Gasteiger partial charge in [0.05, 0.1) is 29.8 Å². The first-order chi connectivity index (χ1) is 22.3. The van der Waals surface area contributed by atoms with Gasteiger partial charge in [0.1, 0.15) is 35.8 Å². The smallest absolute Gasteiger partial charge is 0.229 e. The SMILES string of the molecule is CC1(C)C(=O)C(O[C@@H]2O[C@H](CO)[C@@H](O)[C@H](O)[C@H]2O)=C[C@@H]2C1=CC[C@@H]1[C@@]2(C)C(=O)C[C@]2(C)[C@@H]([C@@](C)(O)C(=O)CC(O)C(C)(C)O)[C@H](O)C[C@@]12C. The Morgan fingerprint density at radius 3 is 2.18 bits per heavy atom. The lowest BCUT2D eigenvalue weighted by Crippen LogP contribution is -2.64. The summed E-state index contributed by atoms with van der Waals surface area (Å²) in [6, 6.07) is 0. The maximum absolute atomic E-state index is 14.7. The van der Waals surface area contributed by atoms with Crippen LogP contribution in [-0.4, -0.2) is 119 Å². The number of Topliss-reactive ketones (excluding diaryl/α,β-unsaturated/α-hetero) is 3. The molecule has 3 fully saturated rings. The van der Waals surface area contributed by atoms with Gasteiger partial charge in [-0.05, 0) is 70.3 Å². The highest BCUT2D eigenvalue weighted by atomic mass is 16.7. The lowest BCUT2D eigenvalue weighted by molar-refractivity contribution is -0.291. The molecule has 0 aromatic heterocycles. The van der Waals surface area contributed by atoms with Crippen molar-refractivity contribution < 1.29 is 64.7 Å². The molecule has 0 radical (unpaired) electrons. The highest BCUT2D eigenvalue weighted by Crippen LogP contribution is 2.74. The number of fused-ring (bicyclic) bond motifs is 5. The highest BCUT2D eigenvalue weighted by Gasteiger charge is 2.74. The molecule has 1 aliphatic heterocycles. The molecule has 5 aliphatic rings. The number of carbonyl (C=O) groups excluding carboxylic acids is 3. The fourth-order valence-corrected chi connectivity index (χ4v) is 10.1. The number of carbonyl (C=O) groups is 3. The van der Waals surface area contributed by atoms with Crippen molar-refractivity contribution in [2.75, 3.05) is 6.61 Å². The van der Waals surface area contributed by atoms with Crippen LogP contribution in [0, 0.1) is 39.4 Å². The molecule has 2 saturated carbocycles. The van der Waals surface area contributed by atoms with Gasteiger partial charge in [0, 0.05) is 30.1 Å². The fraction of sp³-hybridized carbons (Fsp3) is 0.806. The second kappa shape index (κ2) is 12.0. The summed E-state index contributed by atoms with van der Waals surface area (Å²) in [5.74, 6) is -3.78. The first-order valence-corrected chi connectivity index (χ1v) is 17.1. The van der Waals surface area contributed by atoms with Crippen LogP contribution in [0.4, 0.5) is 0 Å². The van der Waals surface area contributed by atoms with Crippen LogP contribution >= 0.6 is 0 Å².